The van der Waals surface area contributed by atoms with Gasteiger partial charge in [-0.2, -0.15) is 0 Å². The second kappa shape index (κ2) is 6.25. The molecule has 1 N–H and O–H groups in total. The normalized spacial score (nSPS) is 17.1. The van der Waals surface area contributed by atoms with Crippen LogP contribution in [0.4, 0.5) is 8.78 Å². The lowest BCUT2D eigenvalue weighted by Gasteiger charge is -2.19. The van der Waals surface area contributed by atoms with E-state index in [0.29, 0.717) is 12.6 Å². The molecule has 1 aliphatic rings. The lowest BCUT2D eigenvalue weighted by molar-refractivity contribution is -0.0247. The first-order valence-corrected chi connectivity index (χ1v) is 6.35. The summed E-state index contributed by atoms with van der Waals surface area (Å²) in [6.45, 7) is 2.08. The summed E-state index contributed by atoms with van der Waals surface area (Å²) in [5.41, 5.74) is 2.08. The zero-order chi connectivity index (χ0) is 13.0. The minimum atomic E-state index is -2.42. The van der Waals surface area contributed by atoms with E-state index in [0.717, 1.165) is 11.1 Å². The van der Waals surface area contributed by atoms with E-state index in [4.69, 9.17) is 4.74 Å². The van der Waals surface area contributed by atoms with Crippen LogP contribution in [0.1, 0.15) is 30.1 Å². The number of halogens is 2. The molecule has 0 heterocycles. The van der Waals surface area contributed by atoms with Crippen molar-refractivity contribution in [1.82, 2.24) is 5.32 Å². The Balaban J connectivity index is 1.96. The maximum atomic E-state index is 12.3. The Morgan fingerprint density at radius 2 is 2.17 bits per heavy atom. The first kappa shape index (κ1) is 13.4. The van der Waals surface area contributed by atoms with Gasteiger partial charge in [0.25, 0.3) is 6.43 Å². The third-order valence-corrected chi connectivity index (χ3v) is 3.01. The van der Waals surface area contributed by atoms with Gasteiger partial charge < -0.3 is 10.1 Å². The highest BCUT2D eigenvalue weighted by Gasteiger charge is 2.23. The summed E-state index contributed by atoms with van der Waals surface area (Å²) in [5, 5.41) is 3.33. The van der Waals surface area contributed by atoms with Gasteiger partial charge in [-0.3, -0.25) is 0 Å². The lowest BCUT2D eigenvalue weighted by Crippen LogP contribution is -2.26. The highest BCUT2D eigenvalue weighted by atomic mass is 19.3. The Kier molecular flexibility index (Phi) is 4.66. The molecule has 1 unspecified atom stereocenters. The molecule has 2 nitrogen and oxygen atoms in total. The maximum Gasteiger partial charge on any atom is 0.261 e. The first-order valence-electron chi connectivity index (χ1n) is 6.35. The Morgan fingerprint density at radius 3 is 2.78 bits per heavy atom. The molecule has 4 heteroatoms. The first-order chi connectivity index (χ1) is 8.65. The number of hydrogen-bond acceptors (Lipinski definition) is 2. The minimum Gasteiger partial charge on any atom is -0.366 e. The third kappa shape index (κ3) is 4.35. The zero-order valence-electron chi connectivity index (χ0n) is 10.5. The molecule has 1 saturated carbocycles. The van der Waals surface area contributed by atoms with Gasteiger partial charge in [0.1, 0.15) is 6.61 Å². The fourth-order valence-electron chi connectivity index (χ4n) is 1.89. The van der Waals surface area contributed by atoms with E-state index in [2.05, 4.69) is 5.32 Å². The minimum absolute atomic E-state index is 0.292. The number of hydrogen-bond donors (Lipinski definition) is 1. The molecular weight excluding hydrogens is 236 g/mol. The van der Waals surface area contributed by atoms with Gasteiger partial charge in [-0.25, -0.2) is 8.78 Å². The topological polar surface area (TPSA) is 21.3 Å². The van der Waals surface area contributed by atoms with Crippen LogP contribution in [0.15, 0.2) is 24.3 Å². The van der Waals surface area contributed by atoms with Gasteiger partial charge in [0.2, 0.25) is 0 Å². The number of benzene rings is 1. The average Bonchev–Trinajstić information content (AvgIpc) is 3.12. The van der Waals surface area contributed by atoms with E-state index in [-0.39, 0.29) is 6.10 Å². The Bertz CT molecular complexity index is 374. The van der Waals surface area contributed by atoms with Crippen LogP contribution in [0.2, 0.25) is 0 Å². The molecule has 0 bridgehead atoms. The van der Waals surface area contributed by atoms with E-state index in [1.807, 2.05) is 31.2 Å². The van der Waals surface area contributed by atoms with Crippen LogP contribution in [-0.2, 0) is 4.74 Å². The molecule has 0 saturated heterocycles. The standard InChI is InChI=1S/C14H19F2NO/c1-10-3-2-4-11(7-10)13(18-9-14(15)16)8-17-12-5-6-12/h2-4,7,12-14,17H,5-6,8-9H2,1H3. The van der Waals surface area contributed by atoms with Gasteiger partial charge >= 0.3 is 0 Å². The quantitative estimate of drug-likeness (QED) is 0.808. The molecule has 1 aliphatic carbocycles. The highest BCUT2D eigenvalue weighted by Crippen LogP contribution is 2.23. The van der Waals surface area contributed by atoms with Crippen LogP contribution in [0, 0.1) is 6.92 Å². The fraction of sp³-hybridized carbons (Fsp3) is 0.571. The summed E-state index contributed by atoms with van der Waals surface area (Å²) in [6.07, 6.45) is -0.358. The molecule has 2 rings (SSSR count). The van der Waals surface area contributed by atoms with E-state index in [9.17, 15) is 8.78 Å². The van der Waals surface area contributed by atoms with Crippen LogP contribution in [0.3, 0.4) is 0 Å². The van der Waals surface area contributed by atoms with Crippen molar-refractivity contribution in [2.75, 3.05) is 13.2 Å². The SMILES string of the molecule is Cc1cccc(C(CNC2CC2)OCC(F)F)c1. The molecule has 1 atom stereocenters. The van der Waals surface area contributed by atoms with Gasteiger partial charge in [-0.05, 0) is 25.3 Å². The largest absolute Gasteiger partial charge is 0.366 e. The summed E-state index contributed by atoms with van der Waals surface area (Å²) in [7, 11) is 0. The summed E-state index contributed by atoms with van der Waals surface area (Å²) in [5.74, 6) is 0. The molecule has 1 aromatic rings. The van der Waals surface area contributed by atoms with Crippen LogP contribution in [0.5, 0.6) is 0 Å². The van der Waals surface area contributed by atoms with Crippen molar-refractivity contribution >= 4 is 0 Å². The number of rotatable bonds is 7. The molecule has 1 fully saturated rings. The fourth-order valence-corrected chi connectivity index (χ4v) is 1.89. The van der Waals surface area contributed by atoms with Gasteiger partial charge in [0.05, 0.1) is 6.10 Å². The number of alkyl halides is 2. The maximum absolute atomic E-state index is 12.3. The number of aryl methyl sites for hydroxylation is 1. The van der Waals surface area contributed by atoms with Crippen LogP contribution < -0.4 is 5.32 Å². The second-order valence-electron chi connectivity index (χ2n) is 4.81. The molecule has 18 heavy (non-hydrogen) atoms. The summed E-state index contributed by atoms with van der Waals surface area (Å²) in [4.78, 5) is 0. The number of nitrogens with one attached hydrogen (secondary N) is 1. The van der Waals surface area contributed by atoms with E-state index < -0.39 is 13.0 Å². The van der Waals surface area contributed by atoms with Crippen LogP contribution in [-0.4, -0.2) is 25.6 Å². The molecule has 0 spiro atoms. The zero-order valence-corrected chi connectivity index (χ0v) is 10.5. The van der Waals surface area contributed by atoms with Crippen LogP contribution >= 0.6 is 0 Å². The monoisotopic (exact) mass is 255 g/mol. The van der Waals surface area contributed by atoms with Crippen molar-refractivity contribution in [3.05, 3.63) is 35.4 Å². The Labute approximate surface area is 106 Å². The smallest absolute Gasteiger partial charge is 0.261 e. The van der Waals surface area contributed by atoms with Crippen LogP contribution in [0.25, 0.3) is 0 Å². The Hall–Kier alpha value is -1.00. The van der Waals surface area contributed by atoms with Crippen molar-refractivity contribution in [2.45, 2.75) is 38.3 Å². The summed E-state index contributed by atoms with van der Waals surface area (Å²) in [6, 6.07) is 8.39. The summed E-state index contributed by atoms with van der Waals surface area (Å²) < 4.78 is 29.8. The van der Waals surface area contributed by atoms with Crippen molar-refractivity contribution in [3.63, 3.8) is 0 Å². The van der Waals surface area contributed by atoms with Gasteiger partial charge in [-0.15, -0.1) is 0 Å². The molecule has 0 amide bonds. The summed E-state index contributed by atoms with van der Waals surface area (Å²) >= 11 is 0. The Morgan fingerprint density at radius 1 is 1.39 bits per heavy atom. The van der Waals surface area contributed by atoms with Crippen molar-refractivity contribution < 1.29 is 13.5 Å². The van der Waals surface area contributed by atoms with Gasteiger partial charge in [0, 0.05) is 12.6 Å². The van der Waals surface area contributed by atoms with Crippen molar-refractivity contribution in [3.8, 4) is 0 Å². The highest BCUT2D eigenvalue weighted by molar-refractivity contribution is 5.24. The lowest BCUT2D eigenvalue weighted by atomic mass is 10.1. The molecule has 0 aromatic heterocycles. The average molecular weight is 255 g/mol. The second-order valence-corrected chi connectivity index (χ2v) is 4.81. The third-order valence-electron chi connectivity index (χ3n) is 3.01. The van der Waals surface area contributed by atoms with E-state index in [1.165, 1.54) is 12.8 Å². The predicted octanol–water partition coefficient (Wildman–Crippen LogP) is 3.07. The predicted molar refractivity (Wildman–Crippen MR) is 66.9 cm³/mol. The number of ether oxygens (including phenoxy) is 1. The molecule has 0 radical (unpaired) electrons. The molecule has 100 valence electrons. The van der Waals surface area contributed by atoms with Crippen molar-refractivity contribution in [1.29, 1.82) is 0 Å². The van der Waals surface area contributed by atoms with Crippen molar-refractivity contribution in [2.24, 2.45) is 0 Å². The van der Waals surface area contributed by atoms with E-state index >= 15 is 0 Å². The van der Waals surface area contributed by atoms with Gasteiger partial charge in [-0.1, -0.05) is 29.8 Å². The molecular formula is C14H19F2NO. The van der Waals surface area contributed by atoms with Gasteiger partial charge in [0.15, 0.2) is 0 Å². The molecule has 1 aromatic carbocycles. The van der Waals surface area contributed by atoms with E-state index in [1.54, 1.807) is 0 Å². The molecule has 0 aliphatic heterocycles.